The van der Waals surface area contributed by atoms with E-state index >= 15 is 0 Å². The number of carbonyl (C=O) groups excluding carboxylic acids is 1. The number of fused-ring (bicyclic) bond motifs is 2. The van der Waals surface area contributed by atoms with E-state index in [0.29, 0.717) is 36.2 Å². The quantitative estimate of drug-likeness (QED) is 0.502. The molecule has 0 radical (unpaired) electrons. The van der Waals surface area contributed by atoms with Crippen molar-refractivity contribution in [3.05, 3.63) is 42.2 Å². The van der Waals surface area contributed by atoms with E-state index in [2.05, 4.69) is 19.9 Å². The molecule has 4 heterocycles. The Morgan fingerprint density at radius 1 is 1.29 bits per heavy atom. The van der Waals surface area contributed by atoms with Crippen LogP contribution in [0.4, 0.5) is 5.82 Å². The maximum Gasteiger partial charge on any atom is 0.254 e. The van der Waals surface area contributed by atoms with Crippen LogP contribution in [0.2, 0.25) is 0 Å². The summed E-state index contributed by atoms with van der Waals surface area (Å²) in [7, 11) is 1.95. The van der Waals surface area contributed by atoms with Crippen molar-refractivity contribution >= 4 is 33.9 Å². The van der Waals surface area contributed by atoms with Gasteiger partial charge >= 0.3 is 0 Å². The minimum Gasteiger partial charge on any atom is -0.388 e. The zero-order valence-corrected chi connectivity index (χ0v) is 17.6. The topological polar surface area (TPSA) is 128 Å². The van der Waals surface area contributed by atoms with E-state index in [4.69, 9.17) is 5.73 Å². The normalized spacial score (nSPS) is 21.8. The van der Waals surface area contributed by atoms with Crippen LogP contribution >= 0.6 is 0 Å². The molecule has 2 atom stereocenters. The minimum absolute atomic E-state index is 0.0933. The van der Waals surface area contributed by atoms with Crippen molar-refractivity contribution in [1.82, 2.24) is 34.0 Å². The van der Waals surface area contributed by atoms with E-state index in [9.17, 15) is 9.90 Å². The van der Waals surface area contributed by atoms with Crippen molar-refractivity contribution in [3.63, 3.8) is 0 Å². The minimum atomic E-state index is -1.04. The van der Waals surface area contributed by atoms with Crippen LogP contribution in [0.1, 0.15) is 35.6 Å². The highest BCUT2D eigenvalue weighted by Crippen LogP contribution is 2.34. The molecule has 1 aliphatic heterocycles. The van der Waals surface area contributed by atoms with Crippen molar-refractivity contribution in [1.29, 1.82) is 0 Å². The summed E-state index contributed by atoms with van der Waals surface area (Å²) in [5.41, 5.74) is 8.25. The van der Waals surface area contributed by atoms with Crippen LogP contribution in [0, 0.1) is 6.92 Å². The van der Waals surface area contributed by atoms with Gasteiger partial charge in [-0.05, 0) is 38.5 Å². The first-order valence-corrected chi connectivity index (χ1v) is 10.1. The van der Waals surface area contributed by atoms with Crippen molar-refractivity contribution in [2.75, 3.05) is 18.8 Å². The Balaban J connectivity index is 1.48. The highest BCUT2D eigenvalue weighted by Gasteiger charge is 2.41. The Kier molecular flexibility index (Phi) is 4.23. The molecule has 10 nitrogen and oxygen atoms in total. The summed E-state index contributed by atoms with van der Waals surface area (Å²) in [6.45, 7) is 4.48. The highest BCUT2D eigenvalue weighted by atomic mass is 16.3. The fourth-order valence-corrected chi connectivity index (χ4v) is 4.33. The molecule has 0 bridgehead atoms. The molecule has 1 aromatic carbocycles. The van der Waals surface area contributed by atoms with Gasteiger partial charge in [-0.25, -0.2) is 19.9 Å². The molecule has 1 fully saturated rings. The monoisotopic (exact) mass is 420 g/mol. The molecule has 160 valence electrons. The number of rotatable bonds is 2. The van der Waals surface area contributed by atoms with Crippen LogP contribution in [-0.4, -0.2) is 63.7 Å². The number of piperidine rings is 1. The number of carbonyl (C=O) groups is 1. The van der Waals surface area contributed by atoms with E-state index in [-0.39, 0.29) is 11.7 Å². The van der Waals surface area contributed by atoms with Crippen LogP contribution < -0.4 is 5.73 Å². The molecule has 1 amide bonds. The molecule has 0 spiro atoms. The summed E-state index contributed by atoms with van der Waals surface area (Å²) in [4.78, 5) is 32.2. The molecule has 1 saturated heterocycles. The largest absolute Gasteiger partial charge is 0.388 e. The Morgan fingerprint density at radius 2 is 2.10 bits per heavy atom. The molecular formula is C21H24N8O2. The van der Waals surface area contributed by atoms with Crippen LogP contribution in [0.3, 0.4) is 0 Å². The molecule has 3 aromatic heterocycles. The van der Waals surface area contributed by atoms with Crippen molar-refractivity contribution in [2.45, 2.75) is 31.9 Å². The van der Waals surface area contributed by atoms with Gasteiger partial charge in [-0.1, -0.05) is 0 Å². The Labute approximate surface area is 178 Å². The maximum absolute atomic E-state index is 13.3. The lowest BCUT2D eigenvalue weighted by molar-refractivity contribution is -0.0433. The van der Waals surface area contributed by atoms with Gasteiger partial charge < -0.3 is 24.9 Å². The summed E-state index contributed by atoms with van der Waals surface area (Å²) in [6, 6.07) is 5.15. The smallest absolute Gasteiger partial charge is 0.254 e. The Hall–Kier alpha value is -3.53. The Morgan fingerprint density at radius 3 is 2.90 bits per heavy atom. The first kappa shape index (κ1) is 19.4. The number of aliphatic hydroxyl groups is 1. The average Bonchev–Trinajstić information content (AvgIpc) is 3.29. The average molecular weight is 420 g/mol. The number of nitrogens with two attached hydrogens (primary N) is 1. The molecule has 3 N–H and O–H groups in total. The first-order valence-electron chi connectivity index (χ1n) is 10.1. The fourth-order valence-electron chi connectivity index (χ4n) is 4.33. The molecule has 10 heteroatoms. The van der Waals surface area contributed by atoms with Gasteiger partial charge in [-0.3, -0.25) is 4.79 Å². The van der Waals surface area contributed by atoms with E-state index in [0.717, 1.165) is 16.9 Å². The highest BCUT2D eigenvalue weighted by molar-refractivity contribution is 5.97. The number of benzene rings is 1. The number of aromatic nitrogens is 6. The van der Waals surface area contributed by atoms with Gasteiger partial charge in [0, 0.05) is 25.7 Å². The maximum atomic E-state index is 13.3. The number of anilines is 1. The van der Waals surface area contributed by atoms with Crippen LogP contribution in [-0.2, 0) is 7.05 Å². The van der Waals surface area contributed by atoms with Gasteiger partial charge in [-0.2, -0.15) is 0 Å². The van der Waals surface area contributed by atoms with Crippen molar-refractivity contribution in [2.24, 2.45) is 7.05 Å². The second-order valence-corrected chi connectivity index (χ2v) is 8.38. The second kappa shape index (κ2) is 6.74. The molecule has 31 heavy (non-hydrogen) atoms. The van der Waals surface area contributed by atoms with E-state index in [1.165, 1.54) is 6.33 Å². The summed E-state index contributed by atoms with van der Waals surface area (Å²) in [5, 5.41) is 11.1. The number of nitrogens with zero attached hydrogens (tertiary/aromatic N) is 7. The van der Waals surface area contributed by atoms with Gasteiger partial charge in [0.1, 0.15) is 17.7 Å². The van der Waals surface area contributed by atoms with Gasteiger partial charge in [0.25, 0.3) is 5.91 Å². The summed E-state index contributed by atoms with van der Waals surface area (Å²) in [5.74, 6) is 1.08. The number of hydrogen-bond donors (Lipinski definition) is 2. The van der Waals surface area contributed by atoms with Crippen molar-refractivity contribution < 1.29 is 9.90 Å². The lowest BCUT2D eigenvalue weighted by Gasteiger charge is -2.43. The Bertz CT molecular complexity index is 1320. The van der Waals surface area contributed by atoms with Gasteiger partial charge in [-0.15, -0.1) is 0 Å². The van der Waals surface area contributed by atoms with Gasteiger partial charge in [0.15, 0.2) is 11.5 Å². The molecule has 0 saturated carbocycles. The van der Waals surface area contributed by atoms with Crippen LogP contribution in [0.15, 0.2) is 30.9 Å². The molecule has 4 aromatic rings. The number of imidazole rings is 2. The summed E-state index contributed by atoms with van der Waals surface area (Å²) in [6.07, 6.45) is 3.40. The third-order valence-corrected chi connectivity index (χ3v) is 6.36. The standard InChI is InChI=1S/C21H24N8O2/c1-12-26-14-8-13(4-5-15(14)27(12)3)20(30)28-7-6-21(2,31)16(9-28)29-11-25-17-18(22)23-10-24-19(17)29/h4-5,8,10-11,16,31H,6-7,9H2,1-3H3,(H2,22,23,24)/t16-,21-/m1/s1. The molecule has 1 aliphatic rings. The van der Waals surface area contributed by atoms with E-state index in [1.807, 2.05) is 36.7 Å². The predicted molar refractivity (Wildman–Crippen MR) is 115 cm³/mol. The van der Waals surface area contributed by atoms with Gasteiger partial charge in [0.05, 0.1) is 29.0 Å². The number of aryl methyl sites for hydroxylation is 2. The number of hydrogen-bond acceptors (Lipinski definition) is 7. The fraction of sp³-hybridized carbons (Fsp3) is 0.381. The zero-order chi connectivity index (χ0) is 21.9. The van der Waals surface area contributed by atoms with E-state index in [1.54, 1.807) is 22.7 Å². The molecule has 5 rings (SSSR count). The number of nitrogen functional groups attached to an aromatic ring is 1. The molecular weight excluding hydrogens is 396 g/mol. The third-order valence-electron chi connectivity index (χ3n) is 6.36. The SMILES string of the molecule is Cc1nc2cc(C(=O)N3CC[C@@](C)(O)[C@H](n4cnc5c(N)ncnc54)C3)ccc2n1C. The number of likely N-dealkylation sites (tertiary alicyclic amines) is 1. The van der Waals surface area contributed by atoms with Crippen molar-refractivity contribution in [3.8, 4) is 0 Å². The third kappa shape index (κ3) is 3.02. The zero-order valence-electron chi connectivity index (χ0n) is 17.6. The lowest BCUT2D eigenvalue weighted by atomic mass is 9.87. The summed E-state index contributed by atoms with van der Waals surface area (Å²) >= 11 is 0. The van der Waals surface area contributed by atoms with E-state index < -0.39 is 11.6 Å². The van der Waals surface area contributed by atoms with Crippen LogP contribution in [0.25, 0.3) is 22.2 Å². The first-order chi connectivity index (χ1) is 14.8. The predicted octanol–water partition coefficient (Wildman–Crippen LogP) is 1.44. The summed E-state index contributed by atoms with van der Waals surface area (Å²) < 4.78 is 3.79. The molecule has 0 unspecified atom stereocenters. The second-order valence-electron chi connectivity index (χ2n) is 8.38. The lowest BCUT2D eigenvalue weighted by Crippen LogP contribution is -2.52. The number of amides is 1. The van der Waals surface area contributed by atoms with Gasteiger partial charge in [0.2, 0.25) is 0 Å². The molecule has 0 aliphatic carbocycles. The van der Waals surface area contributed by atoms with Crippen LogP contribution in [0.5, 0.6) is 0 Å².